The smallest absolute Gasteiger partial charge is 0.338 e. The average molecular weight is 452 g/mol. The van der Waals surface area contributed by atoms with Gasteiger partial charge in [0, 0.05) is 31.3 Å². The van der Waals surface area contributed by atoms with E-state index in [1.54, 1.807) is 25.6 Å². The molecule has 1 atom stereocenters. The van der Waals surface area contributed by atoms with Crippen molar-refractivity contribution < 1.29 is 23.8 Å². The van der Waals surface area contributed by atoms with Crippen molar-refractivity contribution in [3.05, 3.63) is 44.8 Å². The summed E-state index contributed by atoms with van der Waals surface area (Å²) >= 11 is 3.00. The predicted molar refractivity (Wildman–Crippen MR) is 117 cm³/mol. The lowest BCUT2D eigenvalue weighted by molar-refractivity contribution is -0.141. The summed E-state index contributed by atoms with van der Waals surface area (Å²) in [4.78, 5) is 32.9. The molecule has 1 amide bonds. The van der Waals surface area contributed by atoms with Gasteiger partial charge in [0.05, 0.1) is 30.9 Å². The van der Waals surface area contributed by atoms with Crippen LogP contribution in [0.25, 0.3) is 0 Å². The van der Waals surface area contributed by atoms with Crippen LogP contribution in [0, 0.1) is 0 Å². The molecular weight excluding hydrogens is 426 g/mol. The van der Waals surface area contributed by atoms with E-state index in [2.05, 4.69) is 10.3 Å². The lowest BCUT2D eigenvalue weighted by Gasteiger charge is -2.35. The van der Waals surface area contributed by atoms with Crippen molar-refractivity contribution in [1.82, 2.24) is 10.2 Å². The topological polar surface area (TPSA) is 89.5 Å². The number of amidine groups is 1. The molecule has 3 heterocycles. The first-order chi connectivity index (χ1) is 14.6. The molecule has 1 aromatic heterocycles. The van der Waals surface area contributed by atoms with Crippen LogP contribution in [0.15, 0.2) is 44.9 Å². The second-order valence-electron chi connectivity index (χ2n) is 6.56. The molecule has 10 heteroatoms. The molecule has 0 saturated carbocycles. The van der Waals surface area contributed by atoms with Crippen molar-refractivity contribution in [1.29, 1.82) is 0 Å². The summed E-state index contributed by atoms with van der Waals surface area (Å²) in [5.41, 5.74) is 1.89. The Hall–Kier alpha value is -2.14. The number of hydrogen-bond donors (Lipinski definition) is 1. The largest absolute Gasteiger partial charge is 0.460 e. The molecule has 0 unspecified atom stereocenters. The van der Waals surface area contributed by atoms with Crippen LogP contribution in [0.3, 0.4) is 0 Å². The van der Waals surface area contributed by atoms with Crippen molar-refractivity contribution in [3.63, 3.8) is 0 Å². The van der Waals surface area contributed by atoms with Gasteiger partial charge in [-0.15, -0.1) is 11.3 Å². The summed E-state index contributed by atoms with van der Waals surface area (Å²) in [7, 11) is 3.15. The number of hydrogen-bond acceptors (Lipinski definition) is 9. The van der Waals surface area contributed by atoms with Crippen molar-refractivity contribution in [2.24, 2.45) is 4.99 Å². The Bertz CT molecular complexity index is 864. The molecule has 8 nitrogen and oxygen atoms in total. The second kappa shape index (κ2) is 10.8. The second-order valence-corrected chi connectivity index (χ2v) is 8.37. The minimum Gasteiger partial charge on any atom is -0.460 e. The van der Waals surface area contributed by atoms with Crippen molar-refractivity contribution in [2.45, 2.75) is 19.4 Å². The summed E-state index contributed by atoms with van der Waals surface area (Å²) in [5.74, 6) is -0.535. The fourth-order valence-electron chi connectivity index (χ4n) is 3.16. The molecule has 162 valence electrons. The number of aliphatic imine (C=N–C) groups is 1. The van der Waals surface area contributed by atoms with Gasteiger partial charge in [0.1, 0.15) is 12.6 Å². The van der Waals surface area contributed by atoms with Gasteiger partial charge in [0.2, 0.25) is 5.91 Å². The molecule has 3 rings (SSSR count). The summed E-state index contributed by atoms with van der Waals surface area (Å²) < 4.78 is 15.4. The highest BCUT2D eigenvalue weighted by atomic mass is 32.2. The molecule has 0 radical (unpaired) electrons. The fourth-order valence-corrected chi connectivity index (χ4v) is 4.95. The average Bonchev–Trinajstić information content (AvgIpc) is 3.38. The first kappa shape index (κ1) is 22.5. The van der Waals surface area contributed by atoms with Crippen LogP contribution < -0.4 is 5.32 Å². The third kappa shape index (κ3) is 5.12. The third-order valence-corrected chi connectivity index (χ3v) is 6.34. The van der Waals surface area contributed by atoms with Gasteiger partial charge in [-0.1, -0.05) is 17.8 Å². The molecule has 0 aliphatic carbocycles. The molecule has 30 heavy (non-hydrogen) atoms. The molecule has 2 aliphatic rings. The highest BCUT2D eigenvalue weighted by Crippen LogP contribution is 2.45. The number of rotatable bonds is 10. The zero-order valence-corrected chi connectivity index (χ0v) is 18.8. The molecule has 0 spiro atoms. The number of ether oxygens (including phenoxy) is 3. The van der Waals surface area contributed by atoms with Gasteiger partial charge in [-0.25, -0.2) is 9.79 Å². The van der Waals surface area contributed by atoms with E-state index >= 15 is 0 Å². The van der Waals surface area contributed by atoms with Gasteiger partial charge in [0.25, 0.3) is 0 Å². The van der Waals surface area contributed by atoms with Crippen LogP contribution >= 0.6 is 23.1 Å². The van der Waals surface area contributed by atoms with Crippen molar-refractivity contribution in [2.75, 3.05) is 40.6 Å². The normalized spacial score (nSPS) is 18.1. The molecule has 1 N–H and O–H groups in total. The van der Waals surface area contributed by atoms with Crippen LogP contribution in [0.4, 0.5) is 0 Å². The number of thiophene rings is 1. The Morgan fingerprint density at radius 2 is 2.03 bits per heavy atom. The van der Waals surface area contributed by atoms with Crippen molar-refractivity contribution >= 4 is 40.1 Å². The van der Waals surface area contributed by atoms with Gasteiger partial charge in [-0.05, 0) is 23.8 Å². The zero-order chi connectivity index (χ0) is 21.5. The summed E-state index contributed by atoms with van der Waals surface area (Å²) in [6.07, 6.45) is 0.183. The number of nitrogens with one attached hydrogen (secondary N) is 1. The minimum atomic E-state index is -0.424. The monoisotopic (exact) mass is 451 g/mol. The van der Waals surface area contributed by atoms with E-state index in [0.29, 0.717) is 31.0 Å². The van der Waals surface area contributed by atoms with Gasteiger partial charge >= 0.3 is 5.97 Å². The number of esters is 1. The number of methoxy groups -OCH3 is 2. The van der Waals surface area contributed by atoms with Gasteiger partial charge in [-0.2, -0.15) is 0 Å². The number of thioether (sulfide) groups is 1. The number of allylic oxidation sites excluding steroid dienone is 1. The van der Waals surface area contributed by atoms with Crippen molar-refractivity contribution in [3.8, 4) is 0 Å². The van der Waals surface area contributed by atoms with E-state index in [1.807, 2.05) is 34.7 Å². The first-order valence-corrected chi connectivity index (χ1v) is 11.2. The van der Waals surface area contributed by atoms with Gasteiger partial charge < -0.3 is 24.4 Å². The highest BCUT2D eigenvalue weighted by molar-refractivity contribution is 8.16. The number of fused-ring (bicyclic) bond motifs is 1. The summed E-state index contributed by atoms with van der Waals surface area (Å²) in [6.45, 7) is 3.20. The molecule has 0 aromatic carbocycles. The maximum Gasteiger partial charge on any atom is 0.338 e. The minimum absolute atomic E-state index is 0.111. The van der Waals surface area contributed by atoms with Crippen LogP contribution in [0.1, 0.15) is 24.3 Å². The maximum atomic E-state index is 12.9. The summed E-state index contributed by atoms with van der Waals surface area (Å²) in [6, 6.07) is 3.53. The predicted octanol–water partition coefficient (Wildman–Crippen LogP) is 2.67. The molecule has 2 aliphatic heterocycles. The number of carbonyl (C=O) groups excluding carboxylic acids is 2. The van der Waals surface area contributed by atoms with Crippen LogP contribution in [0.5, 0.6) is 0 Å². The molecule has 0 fully saturated rings. The van der Waals surface area contributed by atoms with E-state index in [4.69, 9.17) is 14.2 Å². The third-order valence-electron chi connectivity index (χ3n) is 4.52. The molecule has 0 saturated heterocycles. The number of carbonyl (C=O) groups is 2. The quantitative estimate of drug-likeness (QED) is 0.432. The van der Waals surface area contributed by atoms with Crippen LogP contribution in [-0.4, -0.2) is 62.5 Å². The Morgan fingerprint density at radius 3 is 2.73 bits per heavy atom. The van der Waals surface area contributed by atoms with Gasteiger partial charge in [0.15, 0.2) is 5.17 Å². The number of nitrogens with zero attached hydrogens (tertiary/aromatic N) is 2. The maximum absolute atomic E-state index is 12.9. The Morgan fingerprint density at radius 1 is 1.23 bits per heavy atom. The Labute approximate surface area is 184 Å². The fraction of sp³-hybridized carbons (Fsp3) is 0.450. The molecule has 0 bridgehead atoms. The van der Waals surface area contributed by atoms with E-state index < -0.39 is 5.97 Å². The molecule has 1 aromatic rings. The SMILES string of the molecule is COCCNC(=O)CC1=CSC2=NC(C)=C(C(=O)OCCOC)[C@@H](c3cccs3)N12. The van der Waals surface area contributed by atoms with E-state index in [9.17, 15) is 9.59 Å². The van der Waals surface area contributed by atoms with E-state index in [0.717, 1.165) is 15.7 Å². The molecular formula is C20H25N3O5S2. The lowest BCUT2D eigenvalue weighted by atomic mass is 9.99. The standard InChI is InChI=1S/C20H25N3O5S2/c1-13-17(19(25)28-9-8-27-3)18(15-5-4-10-29-15)23-14(12-30-20(23)22-13)11-16(24)21-6-7-26-2/h4-5,10,12,18H,6-9,11H2,1-3H3,(H,21,24)/t18-/m1/s1. The lowest BCUT2D eigenvalue weighted by Crippen LogP contribution is -2.38. The van der Waals surface area contributed by atoms with E-state index in [-0.39, 0.29) is 25.0 Å². The van der Waals surface area contributed by atoms with E-state index in [1.165, 1.54) is 11.8 Å². The van der Waals surface area contributed by atoms with Gasteiger partial charge in [-0.3, -0.25) is 4.79 Å². The highest BCUT2D eigenvalue weighted by Gasteiger charge is 2.41. The Kier molecular flexibility index (Phi) is 8.08. The van der Waals surface area contributed by atoms with Crippen LogP contribution in [-0.2, 0) is 23.8 Å². The van der Waals surface area contributed by atoms with Crippen LogP contribution in [0.2, 0.25) is 0 Å². The first-order valence-electron chi connectivity index (χ1n) is 9.46. The summed E-state index contributed by atoms with van der Waals surface area (Å²) in [5, 5.41) is 7.47. The Balaban J connectivity index is 1.86. The number of amides is 1. The zero-order valence-electron chi connectivity index (χ0n) is 17.2.